The van der Waals surface area contributed by atoms with Crippen molar-refractivity contribution in [3.05, 3.63) is 142 Å². The molecule has 10 rings (SSSR count). The number of aromatic nitrogens is 2. The molecule has 0 saturated heterocycles. The van der Waals surface area contributed by atoms with Gasteiger partial charge in [0.05, 0.1) is 21.8 Å². The summed E-state index contributed by atoms with van der Waals surface area (Å²) >= 11 is 0. The predicted molar refractivity (Wildman–Crippen MR) is 174 cm³/mol. The van der Waals surface area contributed by atoms with E-state index in [1.54, 1.807) is 4.52 Å². The minimum atomic E-state index is -0.321. The maximum Gasteiger partial charge on any atom is 0.283 e. The van der Waals surface area contributed by atoms with Gasteiger partial charge in [-0.05, 0) is 80.2 Å². The van der Waals surface area contributed by atoms with Crippen molar-refractivity contribution in [2.45, 2.75) is 0 Å². The summed E-state index contributed by atoms with van der Waals surface area (Å²) in [4.78, 5) is 27.7. The molecule has 5 heteroatoms. The van der Waals surface area contributed by atoms with Crippen LogP contribution in [0.3, 0.4) is 0 Å². The summed E-state index contributed by atoms with van der Waals surface area (Å²) in [5, 5.41) is 7.96. The molecule has 0 bridgehead atoms. The van der Waals surface area contributed by atoms with Crippen LogP contribution in [0, 0.1) is 0 Å². The van der Waals surface area contributed by atoms with Crippen molar-refractivity contribution < 1.29 is 4.42 Å². The quantitative estimate of drug-likeness (QED) is 0.202. The molecule has 0 aliphatic heterocycles. The lowest BCUT2D eigenvalue weighted by molar-refractivity contribution is 0.669. The molecule has 0 atom stereocenters. The second-order valence-electron chi connectivity index (χ2n) is 11.3. The third-order valence-corrected chi connectivity index (χ3v) is 9.05. The molecule has 0 radical (unpaired) electrons. The van der Waals surface area contributed by atoms with E-state index in [4.69, 9.17) is 4.42 Å². The van der Waals surface area contributed by atoms with Crippen LogP contribution in [0.2, 0.25) is 0 Å². The maximum atomic E-state index is 13.9. The monoisotopic (exact) mass is 552 g/mol. The Bertz CT molecular complexity index is 2870. The zero-order chi connectivity index (χ0) is 28.4. The number of furan rings is 1. The van der Waals surface area contributed by atoms with Gasteiger partial charge in [0.25, 0.3) is 11.1 Å². The lowest BCUT2D eigenvalue weighted by Crippen LogP contribution is -2.21. The predicted octanol–water partition coefficient (Wildman–Crippen LogP) is 8.48. The third-order valence-electron chi connectivity index (χ3n) is 9.05. The van der Waals surface area contributed by atoms with Crippen LogP contribution in [0.5, 0.6) is 0 Å². The number of rotatable bonds is 2. The first-order chi connectivity index (χ1) is 21.2. The smallest absolute Gasteiger partial charge is 0.283 e. The van der Waals surface area contributed by atoms with Crippen molar-refractivity contribution in [1.29, 1.82) is 0 Å². The largest absolute Gasteiger partial charge is 0.456 e. The normalized spacial score (nSPS) is 12.4. The lowest BCUT2D eigenvalue weighted by Gasteiger charge is -2.10. The van der Waals surface area contributed by atoms with E-state index in [2.05, 4.69) is 42.5 Å². The fourth-order valence-electron chi connectivity index (χ4n) is 7.21. The molecule has 0 unspecified atom stereocenters. The first-order valence-corrected chi connectivity index (χ1v) is 14.3. The molecule has 200 valence electrons. The Kier molecular flexibility index (Phi) is 4.16. The second kappa shape index (κ2) is 7.87. The van der Waals surface area contributed by atoms with Crippen molar-refractivity contribution in [2.24, 2.45) is 0 Å². The number of hydrogen-bond donors (Lipinski definition) is 0. The molecule has 0 N–H and O–H groups in total. The Morgan fingerprint density at radius 3 is 2.00 bits per heavy atom. The van der Waals surface area contributed by atoms with E-state index in [0.717, 1.165) is 55.0 Å². The van der Waals surface area contributed by atoms with Crippen LogP contribution in [-0.4, -0.2) is 9.03 Å². The highest BCUT2D eigenvalue weighted by atomic mass is 16.3. The fourth-order valence-corrected chi connectivity index (χ4v) is 7.21. The molecule has 5 nitrogen and oxygen atoms in total. The molecule has 0 fully saturated rings. The van der Waals surface area contributed by atoms with Gasteiger partial charge in [-0.3, -0.25) is 9.59 Å². The summed E-state index contributed by atoms with van der Waals surface area (Å²) in [6, 6.07) is 40.4. The molecule has 3 aromatic heterocycles. The van der Waals surface area contributed by atoms with Crippen LogP contribution < -0.4 is 11.1 Å². The molecule has 0 aliphatic rings. The second-order valence-corrected chi connectivity index (χ2v) is 11.3. The minimum Gasteiger partial charge on any atom is -0.456 e. The highest BCUT2D eigenvalue weighted by molar-refractivity contribution is 6.33. The van der Waals surface area contributed by atoms with Crippen LogP contribution in [-0.2, 0) is 0 Å². The van der Waals surface area contributed by atoms with E-state index in [9.17, 15) is 9.59 Å². The van der Waals surface area contributed by atoms with E-state index in [0.29, 0.717) is 21.8 Å². The third kappa shape index (κ3) is 2.81. The van der Waals surface area contributed by atoms with Gasteiger partial charge in [-0.25, -0.2) is 4.52 Å². The maximum absolute atomic E-state index is 13.9. The van der Waals surface area contributed by atoms with E-state index in [1.165, 1.54) is 15.3 Å². The van der Waals surface area contributed by atoms with E-state index >= 15 is 0 Å². The van der Waals surface area contributed by atoms with Gasteiger partial charge in [-0.1, -0.05) is 84.9 Å². The number of hydrogen-bond acceptors (Lipinski definition) is 3. The summed E-state index contributed by atoms with van der Waals surface area (Å²) in [7, 11) is 0. The molecule has 7 aromatic carbocycles. The Morgan fingerprint density at radius 1 is 0.419 bits per heavy atom. The first-order valence-electron chi connectivity index (χ1n) is 14.3. The van der Waals surface area contributed by atoms with Crippen LogP contribution in [0.25, 0.3) is 87.5 Å². The minimum absolute atomic E-state index is 0.308. The zero-order valence-corrected chi connectivity index (χ0v) is 22.7. The van der Waals surface area contributed by atoms with Gasteiger partial charge in [0.15, 0.2) is 0 Å². The molecular formula is C38H20N2O3. The van der Waals surface area contributed by atoms with E-state index in [-0.39, 0.29) is 11.1 Å². The fraction of sp³-hybridized carbons (Fsp3) is 0. The summed E-state index contributed by atoms with van der Waals surface area (Å²) in [6.07, 6.45) is 0. The Hall–Kier alpha value is -5.94. The summed E-state index contributed by atoms with van der Waals surface area (Å²) in [5.74, 6) is 0. The van der Waals surface area contributed by atoms with Gasteiger partial charge < -0.3 is 4.42 Å². The molecule has 10 aromatic rings. The number of nitrogens with zero attached hydrogens (tertiary/aromatic N) is 2. The van der Waals surface area contributed by atoms with Crippen molar-refractivity contribution in [3.8, 4) is 22.3 Å². The average Bonchev–Trinajstić information content (AvgIpc) is 3.69. The summed E-state index contributed by atoms with van der Waals surface area (Å²) in [5.41, 5.74) is 6.08. The van der Waals surface area contributed by atoms with E-state index in [1.807, 2.05) is 78.9 Å². The molecule has 0 spiro atoms. The SMILES string of the molecule is O=c1c2cc(-c3cc4oc5cccc6c7ccccc7c(c3)c4c56)ccc2n2c3cccc(-c4ccccc4)c3c(=O)n12. The standard InChI is InChI=1S/C38H20N2O3/c41-37-29-18-22(16-17-30(29)39-31-14-6-12-24(21-8-2-1-3-9-21)34(31)38(42)40(37)39)23-19-28-26-11-5-4-10-25(26)27-13-7-15-32-35(27)36(28)33(20-23)43-32/h1-20H. The van der Waals surface area contributed by atoms with Gasteiger partial charge in [0, 0.05) is 10.8 Å². The molecule has 0 amide bonds. The first kappa shape index (κ1) is 22.7. The van der Waals surface area contributed by atoms with Crippen molar-refractivity contribution in [3.63, 3.8) is 0 Å². The molecule has 43 heavy (non-hydrogen) atoms. The van der Waals surface area contributed by atoms with Gasteiger partial charge in [-0.2, -0.15) is 4.52 Å². The molecule has 0 aliphatic carbocycles. The zero-order valence-electron chi connectivity index (χ0n) is 22.7. The van der Waals surface area contributed by atoms with Crippen LogP contribution in [0.4, 0.5) is 0 Å². The molecule has 3 heterocycles. The molecule has 0 saturated carbocycles. The van der Waals surface area contributed by atoms with Crippen LogP contribution in [0.1, 0.15) is 0 Å². The lowest BCUT2D eigenvalue weighted by atomic mass is 9.92. The van der Waals surface area contributed by atoms with Gasteiger partial charge in [0.2, 0.25) is 0 Å². The van der Waals surface area contributed by atoms with E-state index < -0.39 is 0 Å². The van der Waals surface area contributed by atoms with Gasteiger partial charge in [-0.15, -0.1) is 0 Å². The highest BCUT2D eigenvalue weighted by Crippen LogP contribution is 2.44. The summed E-state index contributed by atoms with van der Waals surface area (Å²) in [6.45, 7) is 0. The Labute approximate surface area is 242 Å². The number of benzene rings is 7. The summed E-state index contributed by atoms with van der Waals surface area (Å²) < 4.78 is 9.43. The van der Waals surface area contributed by atoms with Gasteiger partial charge in [0.1, 0.15) is 11.2 Å². The van der Waals surface area contributed by atoms with Crippen molar-refractivity contribution >= 4 is 65.3 Å². The van der Waals surface area contributed by atoms with Crippen LogP contribution in [0.15, 0.2) is 135 Å². The highest BCUT2D eigenvalue weighted by Gasteiger charge is 2.22. The Balaban J connectivity index is 1.25. The van der Waals surface area contributed by atoms with Crippen molar-refractivity contribution in [1.82, 2.24) is 9.03 Å². The van der Waals surface area contributed by atoms with Gasteiger partial charge >= 0.3 is 0 Å². The topological polar surface area (TPSA) is 56.1 Å². The number of fused-ring (bicyclic) bond motifs is 8. The molecular weight excluding hydrogens is 532 g/mol. The van der Waals surface area contributed by atoms with Crippen molar-refractivity contribution in [2.75, 3.05) is 0 Å². The average molecular weight is 553 g/mol. The Morgan fingerprint density at radius 2 is 1.14 bits per heavy atom. The van der Waals surface area contributed by atoms with Crippen LogP contribution >= 0.6 is 0 Å².